The molecule has 0 bridgehead atoms. The van der Waals surface area contributed by atoms with Crippen LogP contribution in [0.25, 0.3) is 0 Å². The zero-order chi connectivity index (χ0) is 10.7. The standard InChI is InChI=1S/C10H16N4O/c11-3-1-5-14-7-9(13-10(14)15)8-2-4-12-6-8/h2,4,6,9,12H,1,3,5,7,11H2,(H,13,15). The van der Waals surface area contributed by atoms with Gasteiger partial charge in [0.15, 0.2) is 0 Å². The lowest BCUT2D eigenvalue weighted by molar-refractivity contribution is 0.217. The van der Waals surface area contributed by atoms with Crippen molar-refractivity contribution in [1.82, 2.24) is 15.2 Å². The summed E-state index contributed by atoms with van der Waals surface area (Å²) in [5, 5.41) is 2.94. The zero-order valence-electron chi connectivity index (χ0n) is 8.57. The van der Waals surface area contributed by atoms with Gasteiger partial charge in [-0.3, -0.25) is 0 Å². The molecular formula is C10H16N4O. The number of H-pyrrole nitrogens is 1. The van der Waals surface area contributed by atoms with Crippen LogP contribution in [0.4, 0.5) is 4.79 Å². The highest BCUT2D eigenvalue weighted by molar-refractivity contribution is 5.77. The molecular weight excluding hydrogens is 192 g/mol. The Morgan fingerprint density at radius 2 is 2.47 bits per heavy atom. The van der Waals surface area contributed by atoms with Gasteiger partial charge in [0.1, 0.15) is 0 Å². The number of carbonyl (C=O) groups excluding carboxylic acids is 1. The van der Waals surface area contributed by atoms with Gasteiger partial charge in [0.2, 0.25) is 0 Å². The molecule has 1 aliphatic heterocycles. The van der Waals surface area contributed by atoms with E-state index in [4.69, 9.17) is 5.73 Å². The van der Waals surface area contributed by atoms with Gasteiger partial charge in [-0.2, -0.15) is 0 Å². The summed E-state index contributed by atoms with van der Waals surface area (Å²) in [5.41, 5.74) is 6.54. The first-order valence-electron chi connectivity index (χ1n) is 5.19. The number of aromatic nitrogens is 1. The number of nitrogens with two attached hydrogens (primary N) is 1. The molecule has 2 rings (SSSR count). The molecule has 2 heterocycles. The maximum atomic E-state index is 11.5. The average molecular weight is 208 g/mol. The number of amides is 2. The number of aromatic amines is 1. The number of carbonyl (C=O) groups is 1. The lowest BCUT2D eigenvalue weighted by Crippen LogP contribution is -2.30. The molecule has 1 saturated heterocycles. The summed E-state index contributed by atoms with van der Waals surface area (Å²) < 4.78 is 0. The van der Waals surface area contributed by atoms with Gasteiger partial charge >= 0.3 is 6.03 Å². The first-order chi connectivity index (χ1) is 7.31. The fourth-order valence-electron chi connectivity index (χ4n) is 1.81. The second-order valence-corrected chi connectivity index (χ2v) is 3.73. The van der Waals surface area contributed by atoms with Gasteiger partial charge in [-0.25, -0.2) is 4.79 Å². The second-order valence-electron chi connectivity index (χ2n) is 3.73. The van der Waals surface area contributed by atoms with Gasteiger partial charge in [-0.05, 0) is 24.6 Å². The fraction of sp³-hybridized carbons (Fsp3) is 0.500. The minimum atomic E-state index is 0.00894. The van der Waals surface area contributed by atoms with Crippen molar-refractivity contribution >= 4 is 6.03 Å². The Morgan fingerprint density at radius 1 is 1.60 bits per heavy atom. The third-order valence-electron chi connectivity index (χ3n) is 2.64. The number of rotatable bonds is 4. The Bertz CT molecular complexity index is 322. The molecule has 2 amide bonds. The molecule has 1 aliphatic rings. The van der Waals surface area contributed by atoms with Crippen molar-refractivity contribution in [3.63, 3.8) is 0 Å². The van der Waals surface area contributed by atoms with Crippen molar-refractivity contribution in [2.45, 2.75) is 12.5 Å². The number of urea groups is 1. The Balaban J connectivity index is 1.95. The van der Waals surface area contributed by atoms with E-state index in [0.717, 1.165) is 25.1 Å². The molecule has 1 fully saturated rings. The Labute approximate surface area is 88.6 Å². The maximum Gasteiger partial charge on any atom is 0.318 e. The van der Waals surface area contributed by atoms with E-state index < -0.39 is 0 Å². The normalized spacial score (nSPS) is 20.7. The van der Waals surface area contributed by atoms with Gasteiger partial charge in [0, 0.05) is 25.5 Å². The van der Waals surface area contributed by atoms with E-state index in [1.807, 2.05) is 23.4 Å². The van der Waals surface area contributed by atoms with Crippen molar-refractivity contribution in [3.05, 3.63) is 24.0 Å². The molecule has 1 aromatic heterocycles. The summed E-state index contributed by atoms with van der Waals surface area (Å²) in [4.78, 5) is 16.3. The van der Waals surface area contributed by atoms with Crippen molar-refractivity contribution in [2.75, 3.05) is 19.6 Å². The SMILES string of the molecule is NCCCN1CC(c2cc[nH]c2)NC1=O. The highest BCUT2D eigenvalue weighted by Crippen LogP contribution is 2.19. The number of hydrogen-bond acceptors (Lipinski definition) is 2. The van der Waals surface area contributed by atoms with Crippen LogP contribution in [0.15, 0.2) is 18.5 Å². The number of nitrogens with one attached hydrogen (secondary N) is 2. The molecule has 5 nitrogen and oxygen atoms in total. The Morgan fingerprint density at radius 3 is 3.13 bits per heavy atom. The first-order valence-corrected chi connectivity index (χ1v) is 5.19. The minimum absolute atomic E-state index is 0.00894. The van der Waals surface area contributed by atoms with Crippen molar-refractivity contribution in [1.29, 1.82) is 0 Å². The maximum absolute atomic E-state index is 11.5. The average Bonchev–Trinajstić information content (AvgIpc) is 2.83. The summed E-state index contributed by atoms with van der Waals surface area (Å²) in [7, 11) is 0. The van der Waals surface area contributed by atoms with Crippen molar-refractivity contribution < 1.29 is 4.79 Å². The lowest BCUT2D eigenvalue weighted by atomic mass is 10.1. The molecule has 82 valence electrons. The fourth-order valence-corrected chi connectivity index (χ4v) is 1.81. The van der Waals surface area contributed by atoms with Crippen molar-refractivity contribution in [3.8, 4) is 0 Å². The van der Waals surface area contributed by atoms with Crippen LogP contribution in [0, 0.1) is 0 Å². The van der Waals surface area contributed by atoms with Crippen LogP contribution >= 0.6 is 0 Å². The molecule has 1 atom stereocenters. The molecule has 1 aromatic rings. The van der Waals surface area contributed by atoms with Crippen LogP contribution < -0.4 is 11.1 Å². The van der Waals surface area contributed by atoms with Crippen LogP contribution in [-0.4, -0.2) is 35.5 Å². The lowest BCUT2D eigenvalue weighted by Gasteiger charge is -2.13. The number of nitrogens with zero attached hydrogens (tertiary/aromatic N) is 1. The van der Waals surface area contributed by atoms with Crippen LogP contribution in [-0.2, 0) is 0 Å². The molecule has 15 heavy (non-hydrogen) atoms. The summed E-state index contributed by atoms with van der Waals surface area (Å²) in [6, 6.07) is 2.10. The summed E-state index contributed by atoms with van der Waals surface area (Å²) in [5.74, 6) is 0. The molecule has 0 radical (unpaired) electrons. The van der Waals surface area contributed by atoms with Crippen LogP contribution in [0.2, 0.25) is 0 Å². The predicted molar refractivity (Wildman–Crippen MR) is 57.3 cm³/mol. The summed E-state index contributed by atoms with van der Waals surface area (Å²) in [6.45, 7) is 2.10. The summed E-state index contributed by atoms with van der Waals surface area (Å²) in [6.07, 6.45) is 4.63. The topological polar surface area (TPSA) is 74.2 Å². The van der Waals surface area contributed by atoms with E-state index in [9.17, 15) is 4.79 Å². The van der Waals surface area contributed by atoms with E-state index in [-0.39, 0.29) is 12.1 Å². The molecule has 0 aromatic carbocycles. The first kappa shape index (κ1) is 10.0. The van der Waals surface area contributed by atoms with Gasteiger partial charge < -0.3 is 20.9 Å². The van der Waals surface area contributed by atoms with E-state index in [2.05, 4.69) is 10.3 Å². The third-order valence-corrected chi connectivity index (χ3v) is 2.64. The van der Waals surface area contributed by atoms with Gasteiger partial charge in [0.25, 0.3) is 0 Å². The predicted octanol–water partition coefficient (Wildman–Crippen LogP) is 0.430. The smallest absolute Gasteiger partial charge is 0.318 e. The van der Waals surface area contributed by atoms with Crippen LogP contribution in [0.1, 0.15) is 18.0 Å². The zero-order valence-corrected chi connectivity index (χ0v) is 8.57. The van der Waals surface area contributed by atoms with Crippen molar-refractivity contribution in [2.24, 2.45) is 5.73 Å². The molecule has 0 saturated carbocycles. The second kappa shape index (κ2) is 4.35. The molecule has 1 unspecified atom stereocenters. The minimum Gasteiger partial charge on any atom is -0.367 e. The monoisotopic (exact) mass is 208 g/mol. The van der Waals surface area contributed by atoms with Gasteiger partial charge in [-0.1, -0.05) is 0 Å². The summed E-state index contributed by atoms with van der Waals surface area (Å²) >= 11 is 0. The molecule has 0 aliphatic carbocycles. The van der Waals surface area contributed by atoms with E-state index >= 15 is 0 Å². The molecule has 4 N–H and O–H groups in total. The van der Waals surface area contributed by atoms with Crippen LogP contribution in [0.3, 0.4) is 0 Å². The quantitative estimate of drug-likeness (QED) is 0.671. The molecule has 5 heteroatoms. The number of hydrogen-bond donors (Lipinski definition) is 3. The largest absolute Gasteiger partial charge is 0.367 e. The van der Waals surface area contributed by atoms with E-state index in [0.29, 0.717) is 6.54 Å². The molecule has 0 spiro atoms. The Hall–Kier alpha value is -1.49. The van der Waals surface area contributed by atoms with Gasteiger partial charge in [0.05, 0.1) is 6.04 Å². The van der Waals surface area contributed by atoms with Crippen LogP contribution in [0.5, 0.6) is 0 Å². The van der Waals surface area contributed by atoms with Gasteiger partial charge in [-0.15, -0.1) is 0 Å². The third kappa shape index (κ3) is 2.12. The Kier molecular flexibility index (Phi) is 2.91. The van der Waals surface area contributed by atoms with E-state index in [1.54, 1.807) is 0 Å². The highest BCUT2D eigenvalue weighted by Gasteiger charge is 2.29. The van der Waals surface area contributed by atoms with E-state index in [1.165, 1.54) is 0 Å². The highest BCUT2D eigenvalue weighted by atomic mass is 16.2.